The molecule has 0 bridgehead atoms. The van der Waals surface area contributed by atoms with Crippen molar-refractivity contribution in [2.75, 3.05) is 20.2 Å². The van der Waals surface area contributed by atoms with Gasteiger partial charge in [-0.3, -0.25) is 19.1 Å². The lowest BCUT2D eigenvalue weighted by molar-refractivity contribution is -0.0859. The Morgan fingerprint density at radius 3 is 2.69 bits per heavy atom. The number of hydrogen-bond acceptors (Lipinski definition) is 6. The third-order valence-corrected chi connectivity index (χ3v) is 6.25. The fourth-order valence-electron chi connectivity index (χ4n) is 4.37. The second-order valence-electron chi connectivity index (χ2n) is 8.52. The van der Waals surface area contributed by atoms with Gasteiger partial charge in [-0.2, -0.15) is 5.10 Å². The average molecular weight is 398 g/mol. The predicted molar refractivity (Wildman–Crippen MR) is 106 cm³/mol. The molecular formula is C21H26N4O4. The van der Waals surface area contributed by atoms with Crippen molar-refractivity contribution in [2.24, 2.45) is 5.92 Å². The molecule has 1 aliphatic carbocycles. The Morgan fingerprint density at radius 2 is 1.97 bits per heavy atom. The zero-order valence-electron chi connectivity index (χ0n) is 16.7. The lowest BCUT2D eigenvalue weighted by Crippen LogP contribution is -2.53. The zero-order valence-corrected chi connectivity index (χ0v) is 16.7. The van der Waals surface area contributed by atoms with Crippen molar-refractivity contribution in [1.29, 1.82) is 0 Å². The van der Waals surface area contributed by atoms with Crippen LogP contribution in [0.1, 0.15) is 30.7 Å². The first kappa shape index (κ1) is 18.6. The summed E-state index contributed by atoms with van der Waals surface area (Å²) in [6, 6.07) is 8.06. The summed E-state index contributed by atoms with van der Waals surface area (Å²) >= 11 is 0. The first-order valence-electron chi connectivity index (χ1n) is 10.3. The van der Waals surface area contributed by atoms with Crippen molar-refractivity contribution in [2.45, 2.75) is 51.1 Å². The number of hydrogen-bond donors (Lipinski definition) is 0. The molecule has 3 heterocycles. The van der Waals surface area contributed by atoms with Crippen LogP contribution in [0.2, 0.25) is 0 Å². The van der Waals surface area contributed by atoms with Gasteiger partial charge in [0.25, 0.3) is 0 Å². The lowest BCUT2D eigenvalue weighted by atomic mass is 10.0. The van der Waals surface area contributed by atoms with Gasteiger partial charge in [0.05, 0.1) is 13.7 Å². The third kappa shape index (κ3) is 3.62. The van der Waals surface area contributed by atoms with E-state index >= 15 is 0 Å². The summed E-state index contributed by atoms with van der Waals surface area (Å²) in [6.45, 7) is 3.66. The standard InChI is InChI=1S/C21H26N4O4/c1-28-17-6-4-15(5-7-17)10-23-9-8-21(13-23)14-24-18(12-29-21)22-25(11-16-2-3-16)20(27)19(24)26/h4-7,16H,2-3,8-14H2,1H3. The van der Waals surface area contributed by atoms with E-state index in [1.54, 1.807) is 11.7 Å². The molecule has 1 unspecified atom stereocenters. The van der Waals surface area contributed by atoms with E-state index in [0.717, 1.165) is 44.6 Å². The average Bonchev–Trinajstić information content (AvgIpc) is 3.48. The fourth-order valence-corrected chi connectivity index (χ4v) is 4.37. The van der Waals surface area contributed by atoms with E-state index in [9.17, 15) is 9.59 Å². The van der Waals surface area contributed by atoms with Gasteiger partial charge in [-0.1, -0.05) is 12.1 Å². The molecule has 1 spiro atoms. The van der Waals surface area contributed by atoms with E-state index in [4.69, 9.17) is 9.47 Å². The molecule has 3 aliphatic rings. The van der Waals surface area contributed by atoms with Crippen LogP contribution in [0.4, 0.5) is 0 Å². The van der Waals surface area contributed by atoms with Gasteiger partial charge in [0.15, 0.2) is 5.82 Å². The van der Waals surface area contributed by atoms with E-state index in [2.05, 4.69) is 22.1 Å². The zero-order chi connectivity index (χ0) is 20.0. The van der Waals surface area contributed by atoms with Crippen molar-refractivity contribution in [3.8, 4) is 5.75 Å². The summed E-state index contributed by atoms with van der Waals surface area (Å²) in [5.41, 5.74) is -0.196. The molecule has 2 aromatic rings. The van der Waals surface area contributed by atoms with Crippen LogP contribution in [-0.2, 0) is 31.0 Å². The molecule has 2 fully saturated rings. The Hall–Kier alpha value is -2.45. The molecule has 1 aromatic carbocycles. The largest absolute Gasteiger partial charge is 0.497 e. The molecule has 8 heteroatoms. The number of fused-ring (bicyclic) bond motifs is 1. The molecule has 0 N–H and O–H groups in total. The van der Waals surface area contributed by atoms with E-state index in [1.165, 1.54) is 10.2 Å². The minimum Gasteiger partial charge on any atom is -0.497 e. The van der Waals surface area contributed by atoms with Gasteiger partial charge < -0.3 is 9.47 Å². The van der Waals surface area contributed by atoms with Gasteiger partial charge >= 0.3 is 11.1 Å². The Balaban J connectivity index is 1.31. The minimum atomic E-state index is -0.509. The minimum absolute atomic E-state index is 0.274. The second kappa shape index (κ2) is 7.11. The first-order valence-corrected chi connectivity index (χ1v) is 10.3. The van der Waals surface area contributed by atoms with Crippen LogP contribution in [0.15, 0.2) is 33.9 Å². The summed E-state index contributed by atoms with van der Waals surface area (Å²) < 4.78 is 14.3. The van der Waals surface area contributed by atoms with E-state index in [0.29, 0.717) is 24.8 Å². The molecule has 0 amide bonds. The van der Waals surface area contributed by atoms with Crippen molar-refractivity contribution < 1.29 is 9.47 Å². The highest BCUT2D eigenvalue weighted by atomic mass is 16.5. The summed E-state index contributed by atoms with van der Waals surface area (Å²) in [5.74, 6) is 1.90. The number of benzene rings is 1. The van der Waals surface area contributed by atoms with Crippen LogP contribution in [0.3, 0.4) is 0 Å². The van der Waals surface area contributed by atoms with Crippen molar-refractivity contribution in [3.05, 3.63) is 56.4 Å². The van der Waals surface area contributed by atoms with Crippen LogP contribution in [-0.4, -0.2) is 45.0 Å². The van der Waals surface area contributed by atoms with Gasteiger partial charge in [0.2, 0.25) is 0 Å². The Bertz CT molecular complexity index is 1020. The molecule has 8 nitrogen and oxygen atoms in total. The molecule has 0 radical (unpaired) electrons. The monoisotopic (exact) mass is 398 g/mol. The number of likely N-dealkylation sites (tertiary alicyclic amines) is 1. The maximum atomic E-state index is 12.7. The molecule has 1 saturated carbocycles. The van der Waals surface area contributed by atoms with Crippen LogP contribution in [0, 0.1) is 5.92 Å². The summed E-state index contributed by atoms with van der Waals surface area (Å²) in [6.07, 6.45) is 3.05. The SMILES string of the molecule is COc1ccc(CN2CCC3(C2)Cn2c(nn(CC4CC4)c(=O)c2=O)CO3)cc1. The summed E-state index contributed by atoms with van der Waals surface area (Å²) in [5, 5.41) is 4.43. The van der Waals surface area contributed by atoms with Crippen molar-refractivity contribution in [1.82, 2.24) is 19.2 Å². The highest BCUT2D eigenvalue weighted by molar-refractivity contribution is 5.27. The van der Waals surface area contributed by atoms with Crippen LogP contribution < -0.4 is 15.9 Å². The molecule has 29 heavy (non-hydrogen) atoms. The second-order valence-corrected chi connectivity index (χ2v) is 8.52. The topological polar surface area (TPSA) is 78.6 Å². The maximum Gasteiger partial charge on any atom is 0.332 e. The van der Waals surface area contributed by atoms with Gasteiger partial charge in [-0.25, -0.2) is 4.68 Å². The fraction of sp³-hybridized carbons (Fsp3) is 0.571. The predicted octanol–water partition coefficient (Wildman–Crippen LogP) is 0.998. The molecule has 5 rings (SSSR count). The number of nitrogens with zero attached hydrogens (tertiary/aromatic N) is 4. The van der Waals surface area contributed by atoms with Crippen LogP contribution in [0.25, 0.3) is 0 Å². The van der Waals surface area contributed by atoms with E-state index in [1.807, 2.05) is 12.1 Å². The third-order valence-electron chi connectivity index (χ3n) is 6.25. The van der Waals surface area contributed by atoms with E-state index in [-0.39, 0.29) is 6.61 Å². The Kier molecular flexibility index (Phi) is 4.55. The van der Waals surface area contributed by atoms with Gasteiger partial charge in [0.1, 0.15) is 18.0 Å². The highest BCUT2D eigenvalue weighted by Crippen LogP contribution is 2.32. The normalized spacial score (nSPS) is 24.0. The molecule has 154 valence electrons. The van der Waals surface area contributed by atoms with Crippen molar-refractivity contribution in [3.63, 3.8) is 0 Å². The van der Waals surface area contributed by atoms with Gasteiger partial charge in [-0.05, 0) is 42.9 Å². The number of aromatic nitrogens is 3. The molecule has 1 atom stereocenters. The lowest BCUT2D eigenvalue weighted by Gasteiger charge is -2.35. The highest BCUT2D eigenvalue weighted by Gasteiger charge is 2.43. The Morgan fingerprint density at radius 1 is 1.17 bits per heavy atom. The quantitative estimate of drug-likeness (QED) is 0.700. The molecule has 2 aliphatic heterocycles. The number of ether oxygens (including phenoxy) is 2. The molecule has 1 aromatic heterocycles. The van der Waals surface area contributed by atoms with Crippen molar-refractivity contribution >= 4 is 0 Å². The van der Waals surface area contributed by atoms with Gasteiger partial charge in [-0.15, -0.1) is 0 Å². The van der Waals surface area contributed by atoms with Crippen LogP contribution in [0.5, 0.6) is 5.75 Å². The van der Waals surface area contributed by atoms with Crippen LogP contribution >= 0.6 is 0 Å². The number of methoxy groups -OCH3 is 1. The first-order chi connectivity index (χ1) is 14.0. The van der Waals surface area contributed by atoms with Gasteiger partial charge in [0, 0.05) is 26.2 Å². The maximum absolute atomic E-state index is 12.7. The van der Waals surface area contributed by atoms with E-state index < -0.39 is 16.7 Å². The Labute approximate surface area is 168 Å². The smallest absolute Gasteiger partial charge is 0.332 e. The number of rotatable bonds is 5. The summed E-state index contributed by atoms with van der Waals surface area (Å²) in [4.78, 5) is 27.5. The molecular weight excluding hydrogens is 372 g/mol. The molecule has 1 saturated heterocycles. The summed E-state index contributed by atoms with van der Waals surface area (Å²) in [7, 11) is 1.66.